The van der Waals surface area contributed by atoms with Gasteiger partial charge in [-0.25, -0.2) is 0 Å². The third-order valence-electron chi connectivity index (χ3n) is 1.95. The molecule has 0 unspecified atom stereocenters. The standard InChI is InChI=1S/C11H16ClNS/c1-4-13(7-9(2)3)8-10-5-6-11(12)14-10/h5-6H,2,4,7-8H2,1,3H3. The zero-order valence-electron chi connectivity index (χ0n) is 8.72. The highest BCUT2D eigenvalue weighted by Gasteiger charge is 2.05. The van der Waals surface area contributed by atoms with Gasteiger partial charge in [-0.3, -0.25) is 4.90 Å². The van der Waals surface area contributed by atoms with Crippen molar-refractivity contribution < 1.29 is 0 Å². The molecule has 78 valence electrons. The second kappa shape index (κ2) is 5.54. The van der Waals surface area contributed by atoms with Crippen LogP contribution in [0.2, 0.25) is 4.34 Å². The lowest BCUT2D eigenvalue weighted by Gasteiger charge is -2.19. The van der Waals surface area contributed by atoms with Crippen LogP contribution in [0, 0.1) is 0 Å². The van der Waals surface area contributed by atoms with E-state index in [1.54, 1.807) is 11.3 Å². The van der Waals surface area contributed by atoms with Crippen LogP contribution in [0.5, 0.6) is 0 Å². The first kappa shape index (κ1) is 11.8. The second-order valence-electron chi connectivity index (χ2n) is 3.47. The molecule has 0 radical (unpaired) electrons. The summed E-state index contributed by atoms with van der Waals surface area (Å²) in [5, 5.41) is 0. The van der Waals surface area contributed by atoms with Crippen LogP contribution in [-0.2, 0) is 6.54 Å². The number of rotatable bonds is 5. The molecule has 0 fully saturated rings. The van der Waals surface area contributed by atoms with Gasteiger partial charge in [0.25, 0.3) is 0 Å². The van der Waals surface area contributed by atoms with Crippen LogP contribution in [0.1, 0.15) is 18.7 Å². The fraction of sp³-hybridized carbons (Fsp3) is 0.455. The summed E-state index contributed by atoms with van der Waals surface area (Å²) in [5.74, 6) is 0. The van der Waals surface area contributed by atoms with Crippen LogP contribution in [0.3, 0.4) is 0 Å². The van der Waals surface area contributed by atoms with Crippen LogP contribution in [0.4, 0.5) is 0 Å². The van der Waals surface area contributed by atoms with Crippen LogP contribution in [0.15, 0.2) is 24.3 Å². The van der Waals surface area contributed by atoms with E-state index < -0.39 is 0 Å². The predicted octanol–water partition coefficient (Wildman–Crippen LogP) is 3.80. The molecule has 1 aromatic heterocycles. The quantitative estimate of drug-likeness (QED) is 0.695. The van der Waals surface area contributed by atoms with Crippen LogP contribution >= 0.6 is 22.9 Å². The fourth-order valence-electron chi connectivity index (χ4n) is 1.32. The summed E-state index contributed by atoms with van der Waals surface area (Å²) in [6, 6.07) is 4.05. The van der Waals surface area contributed by atoms with Crippen molar-refractivity contribution in [2.75, 3.05) is 13.1 Å². The van der Waals surface area contributed by atoms with Gasteiger partial charge >= 0.3 is 0 Å². The van der Waals surface area contributed by atoms with E-state index in [4.69, 9.17) is 11.6 Å². The van der Waals surface area contributed by atoms with Gasteiger partial charge in [0.15, 0.2) is 0 Å². The molecule has 3 heteroatoms. The van der Waals surface area contributed by atoms with E-state index >= 15 is 0 Å². The van der Waals surface area contributed by atoms with E-state index in [0.717, 1.165) is 24.0 Å². The Hall–Kier alpha value is -0.310. The molecule has 0 aliphatic heterocycles. The molecule has 0 saturated carbocycles. The highest BCUT2D eigenvalue weighted by Crippen LogP contribution is 2.22. The second-order valence-corrected chi connectivity index (χ2v) is 5.27. The Morgan fingerprint density at radius 1 is 1.57 bits per heavy atom. The van der Waals surface area contributed by atoms with Crippen LogP contribution < -0.4 is 0 Å². The normalized spacial score (nSPS) is 10.9. The Labute approximate surface area is 95.0 Å². The van der Waals surface area contributed by atoms with E-state index in [1.165, 1.54) is 10.5 Å². The summed E-state index contributed by atoms with van der Waals surface area (Å²) >= 11 is 7.53. The maximum atomic E-state index is 5.88. The van der Waals surface area contributed by atoms with Crippen molar-refractivity contribution in [1.29, 1.82) is 0 Å². The lowest BCUT2D eigenvalue weighted by molar-refractivity contribution is 0.307. The average Bonchev–Trinajstić information content (AvgIpc) is 2.49. The molecule has 0 N–H and O–H groups in total. The van der Waals surface area contributed by atoms with Crippen molar-refractivity contribution in [2.24, 2.45) is 0 Å². The van der Waals surface area contributed by atoms with Crippen molar-refractivity contribution in [3.05, 3.63) is 33.5 Å². The van der Waals surface area contributed by atoms with Crippen LogP contribution in [-0.4, -0.2) is 18.0 Å². The molecule has 0 aromatic carbocycles. The SMILES string of the molecule is C=C(C)CN(CC)Cc1ccc(Cl)s1. The highest BCUT2D eigenvalue weighted by atomic mass is 35.5. The van der Waals surface area contributed by atoms with E-state index in [1.807, 2.05) is 6.07 Å². The number of likely N-dealkylation sites (N-methyl/N-ethyl adjacent to an activating group) is 1. The summed E-state index contributed by atoms with van der Waals surface area (Å²) in [5.41, 5.74) is 1.20. The zero-order chi connectivity index (χ0) is 10.6. The topological polar surface area (TPSA) is 3.24 Å². The van der Waals surface area contributed by atoms with Gasteiger partial charge in [0.1, 0.15) is 0 Å². The minimum absolute atomic E-state index is 0.867. The van der Waals surface area contributed by atoms with Crippen LogP contribution in [0.25, 0.3) is 0 Å². The zero-order valence-corrected chi connectivity index (χ0v) is 10.3. The molecular weight excluding hydrogens is 214 g/mol. The lowest BCUT2D eigenvalue weighted by atomic mass is 10.3. The van der Waals surface area contributed by atoms with E-state index in [9.17, 15) is 0 Å². The largest absolute Gasteiger partial charge is 0.295 e. The van der Waals surface area contributed by atoms with Gasteiger partial charge in [-0.05, 0) is 25.6 Å². The summed E-state index contributed by atoms with van der Waals surface area (Å²) in [6.07, 6.45) is 0. The summed E-state index contributed by atoms with van der Waals surface area (Å²) in [7, 11) is 0. The Morgan fingerprint density at radius 3 is 2.71 bits per heavy atom. The van der Waals surface area contributed by atoms with Crippen molar-refractivity contribution in [3.8, 4) is 0 Å². The molecule has 0 amide bonds. The first-order valence-corrected chi connectivity index (χ1v) is 5.92. The molecule has 14 heavy (non-hydrogen) atoms. The Morgan fingerprint density at radius 2 is 2.29 bits per heavy atom. The van der Waals surface area contributed by atoms with Gasteiger partial charge in [0.05, 0.1) is 4.34 Å². The Kier molecular flexibility index (Phi) is 4.66. The molecule has 1 nitrogen and oxygen atoms in total. The van der Waals surface area contributed by atoms with Gasteiger partial charge < -0.3 is 0 Å². The van der Waals surface area contributed by atoms with E-state index in [2.05, 4.69) is 31.4 Å². The average molecular weight is 230 g/mol. The van der Waals surface area contributed by atoms with Crippen molar-refractivity contribution in [3.63, 3.8) is 0 Å². The molecule has 0 bridgehead atoms. The summed E-state index contributed by atoms with van der Waals surface area (Å²) in [6.45, 7) is 11.1. The molecular formula is C11H16ClNS. The van der Waals surface area contributed by atoms with Gasteiger partial charge in [-0.15, -0.1) is 11.3 Å². The Balaban J connectivity index is 2.52. The van der Waals surface area contributed by atoms with E-state index in [-0.39, 0.29) is 0 Å². The Bertz CT molecular complexity index is 306. The summed E-state index contributed by atoms with van der Waals surface area (Å²) < 4.78 is 0.867. The molecule has 0 atom stereocenters. The molecule has 1 heterocycles. The van der Waals surface area contributed by atoms with Gasteiger partial charge in [0.2, 0.25) is 0 Å². The van der Waals surface area contributed by atoms with Crippen molar-refractivity contribution >= 4 is 22.9 Å². The maximum absolute atomic E-state index is 5.88. The lowest BCUT2D eigenvalue weighted by Crippen LogP contribution is -2.23. The number of hydrogen-bond acceptors (Lipinski definition) is 2. The number of halogens is 1. The van der Waals surface area contributed by atoms with Gasteiger partial charge in [-0.2, -0.15) is 0 Å². The third kappa shape index (κ3) is 3.82. The van der Waals surface area contributed by atoms with Crippen molar-refractivity contribution in [2.45, 2.75) is 20.4 Å². The molecule has 0 aliphatic rings. The smallest absolute Gasteiger partial charge is 0.0931 e. The monoisotopic (exact) mass is 229 g/mol. The first-order valence-electron chi connectivity index (χ1n) is 4.72. The molecule has 1 aromatic rings. The predicted molar refractivity (Wildman–Crippen MR) is 65.1 cm³/mol. The van der Waals surface area contributed by atoms with E-state index in [0.29, 0.717) is 0 Å². The molecule has 0 saturated heterocycles. The first-order chi connectivity index (χ1) is 6.61. The minimum Gasteiger partial charge on any atom is -0.295 e. The highest BCUT2D eigenvalue weighted by molar-refractivity contribution is 7.16. The maximum Gasteiger partial charge on any atom is 0.0931 e. The molecule has 1 rings (SSSR count). The molecule has 0 spiro atoms. The third-order valence-corrected chi connectivity index (χ3v) is 3.16. The number of nitrogens with zero attached hydrogens (tertiary/aromatic N) is 1. The van der Waals surface area contributed by atoms with Gasteiger partial charge in [0, 0.05) is 18.0 Å². The number of hydrogen-bond donors (Lipinski definition) is 0. The number of thiophene rings is 1. The summed E-state index contributed by atoms with van der Waals surface area (Å²) in [4.78, 5) is 3.67. The van der Waals surface area contributed by atoms with Gasteiger partial charge in [-0.1, -0.05) is 30.7 Å². The fourth-order valence-corrected chi connectivity index (χ4v) is 2.45. The molecule has 0 aliphatic carbocycles. The minimum atomic E-state index is 0.867. The van der Waals surface area contributed by atoms with Crippen molar-refractivity contribution in [1.82, 2.24) is 4.90 Å².